The number of hydrogen-bond donors (Lipinski definition) is 0. The maximum Gasteiger partial charge on any atom is 0.0956 e. The molecule has 4 nitrogen and oxygen atoms in total. The number of benzene rings is 1. The third kappa shape index (κ3) is 3.55. The van der Waals surface area contributed by atoms with Gasteiger partial charge in [0.2, 0.25) is 0 Å². The third-order valence-corrected chi connectivity index (χ3v) is 5.11. The van der Waals surface area contributed by atoms with Crippen molar-refractivity contribution in [2.75, 3.05) is 13.1 Å². The molecule has 1 aliphatic carbocycles. The summed E-state index contributed by atoms with van der Waals surface area (Å²) in [6, 6.07) is 11.1. The zero-order valence-electron chi connectivity index (χ0n) is 14.6. The maximum atomic E-state index is 6.45. The molecule has 24 heavy (non-hydrogen) atoms. The van der Waals surface area contributed by atoms with E-state index >= 15 is 0 Å². The Labute approximate surface area is 144 Å². The van der Waals surface area contributed by atoms with E-state index < -0.39 is 0 Å². The van der Waals surface area contributed by atoms with Gasteiger partial charge in [-0.3, -0.25) is 9.58 Å². The topological polar surface area (TPSA) is 30.3 Å². The number of ether oxygens (including phenoxy) is 1. The van der Waals surface area contributed by atoms with Crippen LogP contribution in [0.5, 0.6) is 0 Å². The Morgan fingerprint density at radius 3 is 2.62 bits per heavy atom. The van der Waals surface area contributed by atoms with Crippen molar-refractivity contribution in [1.82, 2.24) is 14.7 Å². The van der Waals surface area contributed by atoms with Crippen molar-refractivity contribution in [3.8, 4) is 0 Å². The van der Waals surface area contributed by atoms with Crippen LogP contribution in [0.15, 0.2) is 42.7 Å². The van der Waals surface area contributed by atoms with Gasteiger partial charge in [0, 0.05) is 37.4 Å². The van der Waals surface area contributed by atoms with Crippen molar-refractivity contribution in [1.29, 1.82) is 0 Å². The van der Waals surface area contributed by atoms with Crippen molar-refractivity contribution in [3.63, 3.8) is 0 Å². The molecule has 0 amide bonds. The molecule has 0 bridgehead atoms. The highest BCUT2D eigenvalue weighted by atomic mass is 16.5. The number of nitrogens with zero attached hydrogens (tertiary/aromatic N) is 3. The lowest BCUT2D eigenvalue weighted by Crippen LogP contribution is -2.44. The van der Waals surface area contributed by atoms with Gasteiger partial charge in [-0.25, -0.2) is 0 Å². The zero-order chi connectivity index (χ0) is 16.5. The van der Waals surface area contributed by atoms with Gasteiger partial charge in [0.15, 0.2) is 0 Å². The molecule has 0 unspecified atom stereocenters. The van der Waals surface area contributed by atoms with Gasteiger partial charge in [0.25, 0.3) is 0 Å². The van der Waals surface area contributed by atoms with Crippen LogP contribution in [0.2, 0.25) is 0 Å². The summed E-state index contributed by atoms with van der Waals surface area (Å²) in [6.07, 6.45) is 7.41. The van der Waals surface area contributed by atoms with Gasteiger partial charge in [-0.2, -0.15) is 5.10 Å². The summed E-state index contributed by atoms with van der Waals surface area (Å²) >= 11 is 0. The fourth-order valence-corrected chi connectivity index (χ4v) is 3.57. The van der Waals surface area contributed by atoms with Crippen LogP contribution in [-0.4, -0.2) is 33.9 Å². The molecule has 0 spiro atoms. The van der Waals surface area contributed by atoms with Gasteiger partial charge >= 0.3 is 0 Å². The van der Waals surface area contributed by atoms with Crippen LogP contribution in [0.4, 0.5) is 0 Å². The lowest BCUT2D eigenvalue weighted by Gasteiger charge is -2.38. The Bertz CT molecular complexity index is 663. The van der Waals surface area contributed by atoms with Crippen LogP contribution in [0.1, 0.15) is 50.0 Å². The summed E-state index contributed by atoms with van der Waals surface area (Å²) in [5.74, 6) is 0.761. The van der Waals surface area contributed by atoms with E-state index in [0.717, 1.165) is 25.6 Å². The Hall–Kier alpha value is -1.65. The van der Waals surface area contributed by atoms with Crippen molar-refractivity contribution in [3.05, 3.63) is 53.9 Å². The number of morpholine rings is 1. The second kappa shape index (κ2) is 6.69. The normalized spacial score (nSPS) is 25.3. The van der Waals surface area contributed by atoms with Gasteiger partial charge < -0.3 is 4.74 Å². The maximum absolute atomic E-state index is 6.45. The quantitative estimate of drug-likeness (QED) is 0.837. The van der Waals surface area contributed by atoms with Crippen LogP contribution < -0.4 is 0 Å². The minimum Gasteiger partial charge on any atom is -0.367 e. The van der Waals surface area contributed by atoms with E-state index in [1.807, 2.05) is 10.9 Å². The molecule has 1 saturated carbocycles. The number of aromatic nitrogens is 2. The van der Waals surface area contributed by atoms with Crippen LogP contribution in [-0.2, 0) is 11.3 Å². The highest BCUT2D eigenvalue weighted by Crippen LogP contribution is 2.39. The molecule has 2 heterocycles. The molecular weight excluding hydrogens is 298 g/mol. The van der Waals surface area contributed by atoms with E-state index in [-0.39, 0.29) is 6.10 Å². The van der Waals surface area contributed by atoms with E-state index in [0.29, 0.717) is 12.1 Å². The second-order valence-electron chi connectivity index (χ2n) is 7.53. The fraction of sp³-hybridized carbons (Fsp3) is 0.550. The molecule has 1 saturated heterocycles. The summed E-state index contributed by atoms with van der Waals surface area (Å²) < 4.78 is 8.49. The van der Waals surface area contributed by atoms with Gasteiger partial charge in [-0.1, -0.05) is 30.3 Å². The average molecular weight is 325 g/mol. The van der Waals surface area contributed by atoms with Crippen molar-refractivity contribution >= 4 is 0 Å². The monoisotopic (exact) mass is 325 g/mol. The van der Waals surface area contributed by atoms with E-state index in [4.69, 9.17) is 4.74 Å². The minimum atomic E-state index is 0.186. The van der Waals surface area contributed by atoms with Gasteiger partial charge in [0.1, 0.15) is 0 Å². The SMILES string of the molecule is CC(C)n1cc(CN2C[C@@H](c3ccccc3)O[C@@H](C3CC3)C2)cn1. The van der Waals surface area contributed by atoms with E-state index in [2.05, 4.69) is 60.4 Å². The first kappa shape index (κ1) is 15.9. The lowest BCUT2D eigenvalue weighted by atomic mass is 10.0. The van der Waals surface area contributed by atoms with Crippen molar-refractivity contribution < 1.29 is 4.74 Å². The first-order chi connectivity index (χ1) is 11.7. The predicted octanol–water partition coefficient (Wildman–Crippen LogP) is 3.82. The van der Waals surface area contributed by atoms with Gasteiger partial charge in [-0.15, -0.1) is 0 Å². The van der Waals surface area contributed by atoms with E-state index in [1.54, 1.807) is 0 Å². The number of hydrogen-bond acceptors (Lipinski definition) is 3. The van der Waals surface area contributed by atoms with Crippen LogP contribution in [0, 0.1) is 5.92 Å². The third-order valence-electron chi connectivity index (χ3n) is 5.11. The molecule has 1 aliphatic heterocycles. The standard InChI is InChI=1S/C20H27N3O/c1-15(2)23-12-16(10-21-23)11-22-13-19(17-6-4-3-5-7-17)24-20(14-22)18-8-9-18/h3-7,10,12,15,18-20H,8-9,11,13-14H2,1-2H3/t19-,20+/m0/s1. The van der Waals surface area contributed by atoms with Crippen LogP contribution in [0.25, 0.3) is 0 Å². The first-order valence-electron chi connectivity index (χ1n) is 9.15. The van der Waals surface area contributed by atoms with Gasteiger partial charge in [-0.05, 0) is 38.2 Å². The Morgan fingerprint density at radius 2 is 1.96 bits per heavy atom. The highest BCUT2D eigenvalue weighted by Gasteiger charge is 2.38. The smallest absolute Gasteiger partial charge is 0.0956 e. The molecular formula is C20H27N3O. The minimum absolute atomic E-state index is 0.186. The molecule has 2 fully saturated rings. The fourth-order valence-electron chi connectivity index (χ4n) is 3.57. The van der Waals surface area contributed by atoms with Crippen molar-refractivity contribution in [2.24, 2.45) is 5.92 Å². The summed E-state index contributed by atoms with van der Waals surface area (Å²) in [5.41, 5.74) is 2.60. The summed E-state index contributed by atoms with van der Waals surface area (Å²) in [7, 11) is 0. The molecule has 1 aromatic heterocycles. The largest absolute Gasteiger partial charge is 0.367 e. The van der Waals surface area contributed by atoms with E-state index in [1.165, 1.54) is 24.0 Å². The molecule has 4 heteroatoms. The molecule has 0 N–H and O–H groups in total. The average Bonchev–Trinajstić information content (AvgIpc) is 3.35. The lowest BCUT2D eigenvalue weighted by molar-refractivity contribution is -0.0986. The first-order valence-corrected chi connectivity index (χ1v) is 9.15. The highest BCUT2D eigenvalue weighted by molar-refractivity contribution is 5.19. The molecule has 1 aromatic carbocycles. The van der Waals surface area contributed by atoms with Crippen LogP contribution >= 0.6 is 0 Å². The summed E-state index contributed by atoms with van der Waals surface area (Å²) in [4.78, 5) is 2.55. The molecule has 128 valence electrons. The Kier molecular flexibility index (Phi) is 4.42. The molecule has 2 atom stereocenters. The molecule has 2 aliphatic rings. The second-order valence-corrected chi connectivity index (χ2v) is 7.53. The van der Waals surface area contributed by atoms with Crippen molar-refractivity contribution in [2.45, 2.75) is 51.5 Å². The number of rotatable bonds is 5. The predicted molar refractivity (Wildman–Crippen MR) is 94.7 cm³/mol. The molecule has 4 rings (SSSR count). The Balaban J connectivity index is 1.48. The van der Waals surface area contributed by atoms with Crippen LogP contribution in [0.3, 0.4) is 0 Å². The summed E-state index contributed by atoms with van der Waals surface area (Å²) in [6.45, 7) is 7.30. The molecule has 2 aromatic rings. The van der Waals surface area contributed by atoms with Gasteiger partial charge in [0.05, 0.1) is 18.4 Å². The van der Waals surface area contributed by atoms with E-state index in [9.17, 15) is 0 Å². The zero-order valence-corrected chi connectivity index (χ0v) is 14.6. The summed E-state index contributed by atoms with van der Waals surface area (Å²) in [5, 5.41) is 4.48. The Morgan fingerprint density at radius 1 is 1.17 bits per heavy atom. The molecule has 0 radical (unpaired) electrons.